The smallest absolute Gasteiger partial charge is 0.141 e. The van der Waals surface area contributed by atoms with Gasteiger partial charge in [0.15, 0.2) is 0 Å². The Kier molecular flexibility index (Phi) is 3.68. The van der Waals surface area contributed by atoms with Crippen molar-refractivity contribution in [3.63, 3.8) is 0 Å². The molecule has 0 heterocycles. The first kappa shape index (κ1) is 12.0. The third-order valence-electron chi connectivity index (χ3n) is 2.10. The molecule has 0 aromatic heterocycles. The van der Waals surface area contributed by atoms with Crippen molar-refractivity contribution in [1.82, 2.24) is 0 Å². The number of halogens is 2. The van der Waals surface area contributed by atoms with Crippen LogP contribution < -0.4 is 4.74 Å². The fourth-order valence-electron chi connectivity index (χ4n) is 1.28. The van der Waals surface area contributed by atoms with Crippen LogP contribution in [0.4, 0.5) is 0 Å². The molecule has 0 amide bonds. The van der Waals surface area contributed by atoms with Gasteiger partial charge in [0.05, 0.1) is 16.1 Å². The lowest BCUT2D eigenvalue weighted by atomic mass is 10.2. The normalized spacial score (nSPS) is 9.71. The molecule has 0 aliphatic carbocycles. The number of nitriles is 1. The van der Waals surface area contributed by atoms with Gasteiger partial charge >= 0.3 is 0 Å². The van der Waals surface area contributed by atoms with Gasteiger partial charge in [-0.05, 0) is 58.4 Å². The zero-order chi connectivity index (χ0) is 12.3. The van der Waals surface area contributed by atoms with Crippen molar-refractivity contribution in [2.24, 2.45) is 0 Å². The van der Waals surface area contributed by atoms with Crippen molar-refractivity contribution in [3.05, 3.63) is 57.5 Å². The molecular formula is C13H7BrClNO. The molecule has 2 rings (SSSR count). The summed E-state index contributed by atoms with van der Waals surface area (Å²) < 4.78 is 6.39. The Morgan fingerprint density at radius 3 is 2.41 bits per heavy atom. The maximum Gasteiger partial charge on any atom is 0.141 e. The van der Waals surface area contributed by atoms with Gasteiger partial charge in [0.25, 0.3) is 0 Å². The van der Waals surface area contributed by atoms with E-state index in [2.05, 4.69) is 22.0 Å². The summed E-state index contributed by atoms with van der Waals surface area (Å²) in [6.07, 6.45) is 0. The third kappa shape index (κ3) is 3.00. The van der Waals surface area contributed by atoms with Gasteiger partial charge in [-0.15, -0.1) is 0 Å². The first-order chi connectivity index (χ1) is 8.19. The van der Waals surface area contributed by atoms with Crippen LogP contribution in [0.5, 0.6) is 11.5 Å². The fraction of sp³-hybridized carbons (Fsp3) is 0. The van der Waals surface area contributed by atoms with Gasteiger partial charge in [0, 0.05) is 5.02 Å². The van der Waals surface area contributed by atoms with Gasteiger partial charge in [0.1, 0.15) is 11.5 Å². The Hall–Kier alpha value is -1.50. The van der Waals surface area contributed by atoms with Crippen LogP contribution in [0.1, 0.15) is 5.56 Å². The largest absolute Gasteiger partial charge is 0.456 e. The fourth-order valence-corrected chi connectivity index (χ4v) is 1.87. The molecule has 2 aromatic carbocycles. The van der Waals surface area contributed by atoms with Crippen LogP contribution in [-0.4, -0.2) is 0 Å². The molecular weight excluding hydrogens is 302 g/mol. The van der Waals surface area contributed by atoms with E-state index in [9.17, 15) is 0 Å². The highest BCUT2D eigenvalue weighted by Crippen LogP contribution is 2.30. The van der Waals surface area contributed by atoms with E-state index in [0.717, 1.165) is 4.47 Å². The van der Waals surface area contributed by atoms with Gasteiger partial charge in [-0.1, -0.05) is 11.6 Å². The summed E-state index contributed by atoms with van der Waals surface area (Å²) in [5.74, 6) is 1.35. The van der Waals surface area contributed by atoms with Gasteiger partial charge in [-0.25, -0.2) is 0 Å². The molecule has 17 heavy (non-hydrogen) atoms. The van der Waals surface area contributed by atoms with E-state index in [1.165, 1.54) is 0 Å². The molecule has 0 unspecified atom stereocenters. The summed E-state index contributed by atoms with van der Waals surface area (Å²) in [4.78, 5) is 0. The van der Waals surface area contributed by atoms with Crippen molar-refractivity contribution in [2.75, 3.05) is 0 Å². The average Bonchev–Trinajstić information content (AvgIpc) is 2.34. The standard InChI is InChI=1S/C13H7BrClNO/c14-12-7-9(8-16)1-6-13(12)17-11-4-2-10(15)3-5-11/h1-7H. The van der Waals surface area contributed by atoms with E-state index >= 15 is 0 Å². The van der Waals surface area contributed by atoms with E-state index in [0.29, 0.717) is 22.1 Å². The third-order valence-corrected chi connectivity index (χ3v) is 2.97. The van der Waals surface area contributed by atoms with Gasteiger partial charge in [-0.3, -0.25) is 0 Å². The molecule has 0 spiro atoms. The Labute approximate surface area is 113 Å². The molecule has 84 valence electrons. The minimum Gasteiger partial charge on any atom is -0.456 e. The second-order valence-electron chi connectivity index (χ2n) is 3.31. The van der Waals surface area contributed by atoms with Crippen molar-refractivity contribution in [3.8, 4) is 17.6 Å². The van der Waals surface area contributed by atoms with Crippen LogP contribution in [0, 0.1) is 11.3 Å². The molecule has 0 saturated heterocycles. The first-order valence-electron chi connectivity index (χ1n) is 4.82. The SMILES string of the molecule is N#Cc1ccc(Oc2ccc(Cl)cc2)c(Br)c1. The first-order valence-corrected chi connectivity index (χ1v) is 5.99. The zero-order valence-corrected chi connectivity index (χ0v) is 11.0. The maximum atomic E-state index is 8.75. The summed E-state index contributed by atoms with van der Waals surface area (Å²) >= 11 is 9.14. The molecule has 0 bridgehead atoms. The zero-order valence-electron chi connectivity index (χ0n) is 8.65. The van der Waals surface area contributed by atoms with Crippen molar-refractivity contribution in [2.45, 2.75) is 0 Å². The van der Waals surface area contributed by atoms with Crippen molar-refractivity contribution >= 4 is 27.5 Å². The van der Waals surface area contributed by atoms with Crippen LogP contribution in [-0.2, 0) is 0 Å². The monoisotopic (exact) mass is 307 g/mol. The van der Waals surface area contributed by atoms with E-state index in [4.69, 9.17) is 21.6 Å². The van der Waals surface area contributed by atoms with Crippen LogP contribution in [0.15, 0.2) is 46.9 Å². The lowest BCUT2D eigenvalue weighted by molar-refractivity contribution is 0.479. The second-order valence-corrected chi connectivity index (χ2v) is 4.60. The van der Waals surface area contributed by atoms with Crippen molar-refractivity contribution < 1.29 is 4.74 Å². The highest BCUT2D eigenvalue weighted by atomic mass is 79.9. The summed E-state index contributed by atoms with van der Waals surface area (Å²) in [7, 11) is 0. The Balaban J connectivity index is 2.25. The van der Waals surface area contributed by atoms with Crippen LogP contribution in [0.25, 0.3) is 0 Å². The van der Waals surface area contributed by atoms with E-state index in [-0.39, 0.29) is 0 Å². The molecule has 0 aliphatic rings. The molecule has 2 nitrogen and oxygen atoms in total. The molecule has 0 radical (unpaired) electrons. The molecule has 0 aliphatic heterocycles. The quantitative estimate of drug-likeness (QED) is 0.801. The molecule has 0 N–H and O–H groups in total. The maximum absolute atomic E-state index is 8.75. The lowest BCUT2D eigenvalue weighted by Crippen LogP contribution is -1.86. The minimum atomic E-state index is 0.584. The predicted octanol–water partition coefficient (Wildman–Crippen LogP) is 4.77. The topological polar surface area (TPSA) is 33.0 Å². The summed E-state index contributed by atoms with van der Waals surface area (Å²) in [5.41, 5.74) is 0.584. The highest BCUT2D eigenvalue weighted by molar-refractivity contribution is 9.10. The number of rotatable bonds is 2. The molecule has 0 fully saturated rings. The van der Waals surface area contributed by atoms with Crippen LogP contribution in [0.3, 0.4) is 0 Å². The van der Waals surface area contributed by atoms with Gasteiger partial charge < -0.3 is 4.74 Å². The summed E-state index contributed by atoms with van der Waals surface area (Å²) in [6, 6.07) is 14.3. The van der Waals surface area contributed by atoms with E-state index in [1.807, 2.05) is 0 Å². The Bertz CT molecular complexity index is 575. The predicted molar refractivity (Wildman–Crippen MR) is 70.4 cm³/mol. The van der Waals surface area contributed by atoms with E-state index < -0.39 is 0 Å². The Morgan fingerprint density at radius 1 is 1.12 bits per heavy atom. The highest BCUT2D eigenvalue weighted by Gasteiger charge is 2.03. The molecule has 0 saturated carbocycles. The summed E-state index contributed by atoms with van der Waals surface area (Å²) in [6.45, 7) is 0. The lowest BCUT2D eigenvalue weighted by Gasteiger charge is -2.07. The average molecular weight is 309 g/mol. The number of hydrogen-bond donors (Lipinski definition) is 0. The van der Waals surface area contributed by atoms with Gasteiger partial charge in [-0.2, -0.15) is 5.26 Å². The Morgan fingerprint density at radius 2 is 1.82 bits per heavy atom. The number of benzene rings is 2. The van der Waals surface area contributed by atoms with Crippen LogP contribution >= 0.6 is 27.5 Å². The van der Waals surface area contributed by atoms with E-state index in [1.54, 1.807) is 42.5 Å². The molecule has 0 atom stereocenters. The summed E-state index contributed by atoms with van der Waals surface area (Å²) in [5, 5.41) is 9.41. The minimum absolute atomic E-state index is 0.584. The van der Waals surface area contributed by atoms with Crippen molar-refractivity contribution in [1.29, 1.82) is 5.26 Å². The van der Waals surface area contributed by atoms with Gasteiger partial charge in [0.2, 0.25) is 0 Å². The number of nitrogens with zero attached hydrogens (tertiary/aromatic N) is 1. The number of hydrogen-bond acceptors (Lipinski definition) is 2. The van der Waals surface area contributed by atoms with Crippen LogP contribution in [0.2, 0.25) is 5.02 Å². The molecule has 4 heteroatoms. The second kappa shape index (κ2) is 5.22. The number of ether oxygens (including phenoxy) is 1. The molecule has 2 aromatic rings.